The Kier molecular flexibility index (Phi) is 6.49. The lowest BCUT2D eigenvalue weighted by molar-refractivity contribution is 0.163. The molecule has 3 nitrogen and oxygen atoms in total. The van der Waals surface area contributed by atoms with Crippen molar-refractivity contribution in [2.45, 2.75) is 18.9 Å². The van der Waals surface area contributed by atoms with Gasteiger partial charge in [-0.15, -0.1) is 12.4 Å². The fourth-order valence-electron chi connectivity index (χ4n) is 3.10. The first-order valence-electron chi connectivity index (χ1n) is 7.87. The molecule has 1 aliphatic rings. The highest BCUT2D eigenvalue weighted by atomic mass is 35.5. The standard InChI is InChI=1S/C18H24N2O.ClH/c1-19-16-8-5-11-20(14-16)12-13-21-18-10-4-7-15-6-2-3-9-17(15)18;/h2-4,6-7,9-10,16,19H,5,8,11-14H2,1H3;1H. The van der Waals surface area contributed by atoms with Gasteiger partial charge in [0, 0.05) is 24.5 Å². The summed E-state index contributed by atoms with van der Waals surface area (Å²) in [5.74, 6) is 0.996. The molecule has 0 amide bonds. The molecule has 4 heteroatoms. The van der Waals surface area contributed by atoms with Gasteiger partial charge >= 0.3 is 0 Å². The van der Waals surface area contributed by atoms with Gasteiger partial charge < -0.3 is 10.1 Å². The van der Waals surface area contributed by atoms with Crippen molar-refractivity contribution >= 4 is 23.2 Å². The smallest absolute Gasteiger partial charge is 0.127 e. The van der Waals surface area contributed by atoms with Crippen LogP contribution < -0.4 is 10.1 Å². The summed E-state index contributed by atoms with van der Waals surface area (Å²) in [5.41, 5.74) is 0. The molecule has 3 rings (SSSR count). The van der Waals surface area contributed by atoms with Gasteiger partial charge in [0.15, 0.2) is 0 Å². The maximum atomic E-state index is 6.03. The zero-order valence-electron chi connectivity index (χ0n) is 13.1. The summed E-state index contributed by atoms with van der Waals surface area (Å²) in [6, 6.07) is 15.3. The van der Waals surface area contributed by atoms with Crippen molar-refractivity contribution in [1.82, 2.24) is 10.2 Å². The van der Waals surface area contributed by atoms with Crippen LogP contribution in [0.25, 0.3) is 10.8 Å². The molecule has 0 aliphatic carbocycles. The van der Waals surface area contributed by atoms with Crippen LogP contribution >= 0.6 is 12.4 Å². The minimum atomic E-state index is 0. The third kappa shape index (κ3) is 4.13. The van der Waals surface area contributed by atoms with E-state index in [4.69, 9.17) is 4.74 Å². The quantitative estimate of drug-likeness (QED) is 0.914. The molecule has 1 unspecified atom stereocenters. The zero-order valence-corrected chi connectivity index (χ0v) is 13.9. The second-order valence-electron chi connectivity index (χ2n) is 5.75. The van der Waals surface area contributed by atoms with E-state index in [1.54, 1.807) is 0 Å². The Hall–Kier alpha value is -1.29. The van der Waals surface area contributed by atoms with Gasteiger partial charge in [-0.05, 0) is 37.9 Å². The van der Waals surface area contributed by atoms with Crippen molar-refractivity contribution in [3.05, 3.63) is 42.5 Å². The predicted octanol–water partition coefficient (Wildman–Crippen LogP) is 3.32. The number of likely N-dealkylation sites (tertiary alicyclic amines) is 1. The molecule has 2 aromatic carbocycles. The van der Waals surface area contributed by atoms with Gasteiger partial charge in [0.2, 0.25) is 0 Å². The van der Waals surface area contributed by atoms with Crippen molar-refractivity contribution in [1.29, 1.82) is 0 Å². The number of halogens is 1. The van der Waals surface area contributed by atoms with Crippen molar-refractivity contribution in [2.75, 3.05) is 33.3 Å². The number of rotatable bonds is 5. The molecule has 1 aliphatic heterocycles. The average Bonchev–Trinajstić information content (AvgIpc) is 2.55. The summed E-state index contributed by atoms with van der Waals surface area (Å²) in [7, 11) is 2.06. The van der Waals surface area contributed by atoms with Crippen LogP contribution in [0.5, 0.6) is 5.75 Å². The van der Waals surface area contributed by atoms with Gasteiger partial charge in [-0.1, -0.05) is 36.4 Å². The molecule has 120 valence electrons. The number of piperidine rings is 1. The molecule has 1 saturated heterocycles. The molecule has 0 bridgehead atoms. The van der Waals surface area contributed by atoms with Crippen molar-refractivity contribution in [3.63, 3.8) is 0 Å². The van der Waals surface area contributed by atoms with Crippen molar-refractivity contribution < 1.29 is 4.74 Å². The lowest BCUT2D eigenvalue weighted by Crippen LogP contribution is -2.45. The van der Waals surface area contributed by atoms with Gasteiger partial charge in [-0.2, -0.15) is 0 Å². The highest BCUT2D eigenvalue weighted by Gasteiger charge is 2.17. The fraction of sp³-hybridized carbons (Fsp3) is 0.444. The van der Waals surface area contributed by atoms with Crippen molar-refractivity contribution in [2.24, 2.45) is 0 Å². The molecular weight excluding hydrogens is 296 g/mol. The molecule has 0 saturated carbocycles. The van der Waals surface area contributed by atoms with Gasteiger partial charge in [0.1, 0.15) is 12.4 Å². The summed E-state index contributed by atoms with van der Waals surface area (Å²) >= 11 is 0. The molecule has 0 spiro atoms. The van der Waals surface area contributed by atoms with Crippen LogP contribution in [0.2, 0.25) is 0 Å². The number of likely N-dealkylation sites (N-methyl/N-ethyl adjacent to an activating group) is 1. The topological polar surface area (TPSA) is 24.5 Å². The van der Waals surface area contributed by atoms with E-state index in [-0.39, 0.29) is 12.4 Å². The maximum Gasteiger partial charge on any atom is 0.127 e. The molecule has 1 fully saturated rings. The third-order valence-electron chi connectivity index (χ3n) is 4.33. The first kappa shape index (κ1) is 17.1. The lowest BCUT2D eigenvalue weighted by atomic mass is 10.1. The van der Waals surface area contributed by atoms with Gasteiger partial charge in [0.05, 0.1) is 0 Å². The molecular formula is C18H25ClN2O. The average molecular weight is 321 g/mol. The Morgan fingerprint density at radius 3 is 2.86 bits per heavy atom. The van der Waals surface area contributed by atoms with E-state index in [1.807, 2.05) is 0 Å². The van der Waals surface area contributed by atoms with Gasteiger partial charge in [-0.25, -0.2) is 0 Å². The number of ether oxygens (including phenoxy) is 1. The third-order valence-corrected chi connectivity index (χ3v) is 4.33. The second-order valence-corrected chi connectivity index (χ2v) is 5.75. The first-order valence-corrected chi connectivity index (χ1v) is 7.87. The summed E-state index contributed by atoms with van der Waals surface area (Å²) < 4.78 is 6.03. The summed E-state index contributed by atoms with van der Waals surface area (Å²) in [6.07, 6.45) is 2.57. The maximum absolute atomic E-state index is 6.03. The molecule has 1 N–H and O–H groups in total. The van der Waals surface area contributed by atoms with Crippen molar-refractivity contribution in [3.8, 4) is 5.75 Å². The van der Waals surface area contributed by atoms with E-state index in [1.165, 1.54) is 30.2 Å². The van der Waals surface area contributed by atoms with Crippen LogP contribution in [-0.4, -0.2) is 44.2 Å². The van der Waals surface area contributed by atoms with E-state index >= 15 is 0 Å². The lowest BCUT2D eigenvalue weighted by Gasteiger charge is -2.32. The fourth-order valence-corrected chi connectivity index (χ4v) is 3.10. The molecule has 1 heterocycles. The molecule has 22 heavy (non-hydrogen) atoms. The number of hydrogen-bond donors (Lipinski definition) is 1. The van der Waals surface area contributed by atoms with E-state index in [2.05, 4.69) is 59.7 Å². The first-order chi connectivity index (χ1) is 10.4. The molecule has 0 radical (unpaired) electrons. The Morgan fingerprint density at radius 2 is 2.00 bits per heavy atom. The van der Waals surface area contributed by atoms with Crippen LogP contribution in [0.15, 0.2) is 42.5 Å². The SMILES string of the molecule is CNC1CCCN(CCOc2cccc3ccccc23)C1.Cl. The molecule has 1 atom stereocenters. The van der Waals surface area contributed by atoms with E-state index in [0.717, 1.165) is 25.4 Å². The van der Waals surface area contributed by atoms with Crippen LogP contribution in [0.4, 0.5) is 0 Å². The predicted molar refractivity (Wildman–Crippen MR) is 95.2 cm³/mol. The number of nitrogens with one attached hydrogen (secondary N) is 1. The van der Waals surface area contributed by atoms with Crippen LogP contribution in [0.1, 0.15) is 12.8 Å². The largest absolute Gasteiger partial charge is 0.492 e. The van der Waals surface area contributed by atoms with E-state index in [0.29, 0.717) is 6.04 Å². The monoisotopic (exact) mass is 320 g/mol. The van der Waals surface area contributed by atoms with Crippen LogP contribution in [0, 0.1) is 0 Å². The number of benzene rings is 2. The second kappa shape index (κ2) is 8.37. The Labute approximate surface area is 139 Å². The highest BCUT2D eigenvalue weighted by molar-refractivity contribution is 5.88. The molecule has 2 aromatic rings. The van der Waals surface area contributed by atoms with Gasteiger partial charge in [0.25, 0.3) is 0 Å². The number of fused-ring (bicyclic) bond motifs is 1. The van der Waals surface area contributed by atoms with Gasteiger partial charge in [-0.3, -0.25) is 4.90 Å². The minimum Gasteiger partial charge on any atom is -0.492 e. The Balaban J connectivity index is 0.00000176. The number of hydrogen-bond acceptors (Lipinski definition) is 3. The summed E-state index contributed by atoms with van der Waals surface area (Å²) in [5, 5.41) is 5.82. The summed E-state index contributed by atoms with van der Waals surface area (Å²) in [6.45, 7) is 4.08. The summed E-state index contributed by atoms with van der Waals surface area (Å²) in [4.78, 5) is 2.50. The number of nitrogens with zero attached hydrogens (tertiary/aromatic N) is 1. The minimum absolute atomic E-state index is 0. The highest BCUT2D eigenvalue weighted by Crippen LogP contribution is 2.25. The Bertz CT molecular complexity index is 585. The van der Waals surface area contributed by atoms with Crippen LogP contribution in [0.3, 0.4) is 0 Å². The normalized spacial score (nSPS) is 18.9. The molecule has 0 aromatic heterocycles. The van der Waals surface area contributed by atoms with Crippen LogP contribution in [-0.2, 0) is 0 Å². The van der Waals surface area contributed by atoms with E-state index < -0.39 is 0 Å². The Morgan fingerprint density at radius 1 is 1.18 bits per heavy atom. The van der Waals surface area contributed by atoms with E-state index in [9.17, 15) is 0 Å². The zero-order chi connectivity index (χ0) is 14.5.